The monoisotopic (exact) mass is 373 g/mol. The van der Waals surface area contributed by atoms with Gasteiger partial charge in [0.15, 0.2) is 11.5 Å². The van der Waals surface area contributed by atoms with Crippen LogP contribution in [0.4, 0.5) is 5.69 Å². The van der Waals surface area contributed by atoms with Gasteiger partial charge in [-0.15, -0.1) is 12.4 Å². The van der Waals surface area contributed by atoms with Crippen LogP contribution in [0.25, 0.3) is 0 Å². The molecule has 1 fully saturated rings. The van der Waals surface area contributed by atoms with Crippen LogP contribution in [0.15, 0.2) is 12.1 Å². The summed E-state index contributed by atoms with van der Waals surface area (Å²) in [7, 11) is 4.53. The van der Waals surface area contributed by atoms with E-state index in [1.54, 1.807) is 17.0 Å². The van der Waals surface area contributed by atoms with Crippen molar-refractivity contribution in [2.45, 2.75) is 6.42 Å². The van der Waals surface area contributed by atoms with Crippen LogP contribution < -0.4 is 30.2 Å². The Balaban J connectivity index is 0.00000312. The Morgan fingerprint density at radius 3 is 2.32 bits per heavy atom. The van der Waals surface area contributed by atoms with Gasteiger partial charge in [-0.3, -0.25) is 9.59 Å². The summed E-state index contributed by atoms with van der Waals surface area (Å²) in [5.41, 5.74) is 5.98. The van der Waals surface area contributed by atoms with Crippen molar-refractivity contribution in [1.29, 1.82) is 0 Å². The molecule has 1 saturated heterocycles. The third-order valence-electron chi connectivity index (χ3n) is 3.90. The number of halogens is 1. The topological polar surface area (TPSA) is 103 Å². The summed E-state index contributed by atoms with van der Waals surface area (Å²) in [5, 5.41) is 2.72. The van der Waals surface area contributed by atoms with Gasteiger partial charge in [0.1, 0.15) is 0 Å². The predicted molar refractivity (Wildman–Crippen MR) is 95.9 cm³/mol. The zero-order chi connectivity index (χ0) is 17.7. The number of hydrogen-bond acceptors (Lipinski definition) is 6. The Kier molecular flexibility index (Phi) is 7.79. The molecule has 0 bridgehead atoms. The number of amides is 2. The van der Waals surface area contributed by atoms with Gasteiger partial charge in [0.2, 0.25) is 17.6 Å². The maximum atomic E-state index is 12.3. The smallest absolute Gasteiger partial charge is 0.227 e. The summed E-state index contributed by atoms with van der Waals surface area (Å²) in [6.07, 6.45) is 0.160. The van der Waals surface area contributed by atoms with E-state index in [0.717, 1.165) is 0 Å². The van der Waals surface area contributed by atoms with E-state index < -0.39 is 5.92 Å². The highest BCUT2D eigenvalue weighted by Crippen LogP contribution is 2.42. The van der Waals surface area contributed by atoms with E-state index in [4.69, 9.17) is 19.9 Å². The van der Waals surface area contributed by atoms with Crippen molar-refractivity contribution in [1.82, 2.24) is 5.32 Å². The minimum absolute atomic E-state index is 0. The van der Waals surface area contributed by atoms with E-state index in [1.807, 2.05) is 0 Å². The SMILES string of the molecule is COc1cc(N2CC(C(=O)NCCN)CC2=O)cc(OC)c1OC.Cl. The first-order valence-electron chi connectivity index (χ1n) is 7.63. The molecule has 1 aliphatic heterocycles. The third kappa shape index (κ3) is 4.46. The van der Waals surface area contributed by atoms with E-state index in [9.17, 15) is 9.59 Å². The number of nitrogens with zero attached hydrogens (tertiary/aromatic N) is 1. The minimum atomic E-state index is -0.400. The Morgan fingerprint density at radius 2 is 1.84 bits per heavy atom. The highest BCUT2D eigenvalue weighted by molar-refractivity contribution is 6.00. The fourth-order valence-electron chi connectivity index (χ4n) is 2.70. The fourth-order valence-corrected chi connectivity index (χ4v) is 2.70. The van der Waals surface area contributed by atoms with Crippen molar-refractivity contribution in [2.75, 3.05) is 45.9 Å². The first-order valence-corrected chi connectivity index (χ1v) is 7.63. The Bertz CT molecular complexity index is 601. The number of ether oxygens (including phenoxy) is 3. The molecule has 0 radical (unpaired) electrons. The molecule has 0 saturated carbocycles. The largest absolute Gasteiger partial charge is 0.493 e. The van der Waals surface area contributed by atoms with Crippen molar-refractivity contribution < 1.29 is 23.8 Å². The second kappa shape index (κ2) is 9.33. The second-order valence-electron chi connectivity index (χ2n) is 5.37. The van der Waals surface area contributed by atoms with Crippen LogP contribution in [-0.4, -0.2) is 52.8 Å². The van der Waals surface area contributed by atoms with Gasteiger partial charge < -0.3 is 30.2 Å². The molecule has 1 aromatic carbocycles. The first-order chi connectivity index (χ1) is 11.5. The summed E-state index contributed by atoms with van der Waals surface area (Å²) in [6, 6.07) is 3.39. The second-order valence-corrected chi connectivity index (χ2v) is 5.37. The van der Waals surface area contributed by atoms with Crippen LogP contribution in [0, 0.1) is 5.92 Å². The maximum Gasteiger partial charge on any atom is 0.227 e. The normalized spacial score (nSPS) is 16.2. The highest BCUT2D eigenvalue weighted by Gasteiger charge is 2.35. The van der Waals surface area contributed by atoms with Crippen molar-refractivity contribution in [2.24, 2.45) is 11.7 Å². The van der Waals surface area contributed by atoms with Crippen molar-refractivity contribution in [3.63, 3.8) is 0 Å². The molecule has 0 spiro atoms. The van der Waals surface area contributed by atoms with Crippen molar-refractivity contribution >= 4 is 29.9 Å². The first kappa shape index (κ1) is 20.9. The van der Waals surface area contributed by atoms with Crippen LogP contribution in [0.1, 0.15) is 6.42 Å². The van der Waals surface area contributed by atoms with Gasteiger partial charge in [-0.05, 0) is 0 Å². The summed E-state index contributed by atoms with van der Waals surface area (Å²) in [5.74, 6) is 0.669. The number of carbonyl (C=O) groups is 2. The van der Waals surface area contributed by atoms with E-state index >= 15 is 0 Å². The van der Waals surface area contributed by atoms with E-state index in [2.05, 4.69) is 5.32 Å². The van der Waals surface area contributed by atoms with Gasteiger partial charge >= 0.3 is 0 Å². The number of anilines is 1. The van der Waals surface area contributed by atoms with Gasteiger partial charge in [-0.1, -0.05) is 0 Å². The molecular formula is C16H24ClN3O5. The molecule has 8 nitrogen and oxygen atoms in total. The molecule has 0 aliphatic carbocycles. The molecular weight excluding hydrogens is 350 g/mol. The average Bonchev–Trinajstić information content (AvgIpc) is 3.00. The van der Waals surface area contributed by atoms with Gasteiger partial charge in [0.05, 0.1) is 32.9 Å². The number of carbonyl (C=O) groups excluding carboxylic acids is 2. The standard InChI is InChI=1S/C16H23N3O5.ClH/c1-22-12-7-11(8-13(23-2)15(12)24-3)19-9-10(6-14(19)20)16(21)18-5-4-17;/h7-8,10H,4-6,9,17H2,1-3H3,(H,18,21);1H. The Hall–Kier alpha value is -2.19. The van der Waals surface area contributed by atoms with E-state index in [0.29, 0.717) is 42.6 Å². The lowest BCUT2D eigenvalue weighted by molar-refractivity contribution is -0.126. The number of nitrogens with two attached hydrogens (primary N) is 1. The van der Waals surface area contributed by atoms with Gasteiger partial charge in [-0.25, -0.2) is 0 Å². The molecule has 3 N–H and O–H groups in total. The summed E-state index contributed by atoms with van der Waals surface area (Å²) in [4.78, 5) is 25.9. The summed E-state index contributed by atoms with van der Waals surface area (Å²) in [6.45, 7) is 1.06. The number of rotatable bonds is 7. The van der Waals surface area contributed by atoms with Crippen LogP contribution >= 0.6 is 12.4 Å². The summed E-state index contributed by atoms with van der Waals surface area (Å²) < 4.78 is 15.9. The van der Waals surface area contributed by atoms with Gasteiger partial charge in [0, 0.05) is 38.2 Å². The van der Waals surface area contributed by atoms with Crippen LogP contribution in [0.5, 0.6) is 17.2 Å². The minimum Gasteiger partial charge on any atom is -0.493 e. The third-order valence-corrected chi connectivity index (χ3v) is 3.90. The zero-order valence-electron chi connectivity index (χ0n) is 14.5. The van der Waals surface area contributed by atoms with Gasteiger partial charge in [0.25, 0.3) is 0 Å². The molecule has 1 aromatic rings. The zero-order valence-corrected chi connectivity index (χ0v) is 15.4. The molecule has 2 amide bonds. The lowest BCUT2D eigenvalue weighted by Crippen LogP contribution is -2.35. The molecule has 25 heavy (non-hydrogen) atoms. The van der Waals surface area contributed by atoms with E-state index in [1.165, 1.54) is 21.3 Å². The Morgan fingerprint density at radius 1 is 1.24 bits per heavy atom. The molecule has 9 heteroatoms. The average molecular weight is 374 g/mol. The van der Waals surface area contributed by atoms with Crippen molar-refractivity contribution in [3.8, 4) is 17.2 Å². The Labute approximate surface area is 153 Å². The molecule has 2 rings (SSSR count). The molecule has 1 unspecified atom stereocenters. The van der Waals surface area contributed by atoms with E-state index in [-0.39, 0.29) is 30.6 Å². The number of nitrogens with one attached hydrogen (secondary N) is 1. The maximum absolute atomic E-state index is 12.3. The molecule has 1 atom stereocenters. The lowest BCUT2D eigenvalue weighted by atomic mass is 10.1. The number of benzene rings is 1. The summed E-state index contributed by atoms with van der Waals surface area (Å²) >= 11 is 0. The number of methoxy groups -OCH3 is 3. The van der Waals surface area contributed by atoms with Crippen LogP contribution in [0.2, 0.25) is 0 Å². The highest BCUT2D eigenvalue weighted by atomic mass is 35.5. The van der Waals surface area contributed by atoms with Crippen LogP contribution in [-0.2, 0) is 9.59 Å². The molecule has 1 aliphatic rings. The molecule has 0 aromatic heterocycles. The molecule has 140 valence electrons. The quantitative estimate of drug-likeness (QED) is 0.724. The lowest BCUT2D eigenvalue weighted by Gasteiger charge is -2.20. The van der Waals surface area contributed by atoms with Gasteiger partial charge in [-0.2, -0.15) is 0 Å². The predicted octanol–water partition coefficient (Wildman–Crippen LogP) is 0.562. The van der Waals surface area contributed by atoms with Crippen molar-refractivity contribution in [3.05, 3.63) is 12.1 Å². The number of hydrogen-bond donors (Lipinski definition) is 2. The van der Waals surface area contributed by atoms with Crippen LogP contribution in [0.3, 0.4) is 0 Å². The molecule has 1 heterocycles. The fraction of sp³-hybridized carbons (Fsp3) is 0.500.